The number of nitrogens with one attached hydrogen (secondary N) is 2. The molecular weight excluding hydrogens is 407 g/mol. The number of nitrogens with two attached hydrogens (primary N) is 1. The second-order valence-electron chi connectivity index (χ2n) is 6.97. The molecule has 0 aliphatic carbocycles. The van der Waals surface area contributed by atoms with E-state index in [0.29, 0.717) is 18.4 Å². The Kier molecular flexibility index (Phi) is 13.5. The van der Waals surface area contributed by atoms with Crippen molar-refractivity contribution in [2.75, 3.05) is 13.1 Å². The minimum Gasteiger partial charge on any atom is -0.444 e. The molecule has 0 saturated carbocycles. The van der Waals surface area contributed by atoms with E-state index in [9.17, 15) is 4.79 Å². The smallest absolute Gasteiger partial charge is 0.407 e. The second kappa shape index (κ2) is 12.7. The predicted molar refractivity (Wildman–Crippen MR) is 107 cm³/mol. The third-order valence-corrected chi connectivity index (χ3v) is 2.87. The summed E-state index contributed by atoms with van der Waals surface area (Å²) in [5, 5.41) is 5.94. The molecular formula is C16H35IN4O2. The highest BCUT2D eigenvalue weighted by molar-refractivity contribution is 14.0. The minimum atomic E-state index is -0.498. The number of halogens is 1. The summed E-state index contributed by atoms with van der Waals surface area (Å²) >= 11 is 0. The van der Waals surface area contributed by atoms with E-state index in [1.807, 2.05) is 20.8 Å². The van der Waals surface area contributed by atoms with Crippen LogP contribution in [-0.4, -0.2) is 36.8 Å². The van der Waals surface area contributed by atoms with Crippen LogP contribution >= 0.6 is 24.0 Å². The van der Waals surface area contributed by atoms with Crippen molar-refractivity contribution >= 4 is 36.0 Å². The molecule has 1 amide bonds. The van der Waals surface area contributed by atoms with Crippen LogP contribution in [0.1, 0.15) is 60.8 Å². The quantitative estimate of drug-likeness (QED) is 0.306. The Balaban J connectivity index is 0. The van der Waals surface area contributed by atoms with Crippen molar-refractivity contribution in [1.29, 1.82) is 0 Å². The molecule has 0 spiro atoms. The van der Waals surface area contributed by atoms with Gasteiger partial charge in [0.15, 0.2) is 5.96 Å². The molecule has 23 heavy (non-hydrogen) atoms. The molecule has 0 aromatic heterocycles. The standard InChI is InChI=1S/C16H34N4O2.HI/c1-7-8-13(20-15(21)22-16(4,5)6)11-19-14(17)18-10-9-12(2)3;/h12-13H,7-11H2,1-6H3,(H,20,21)(H3,17,18,19);1H. The average Bonchev–Trinajstić information content (AvgIpc) is 2.33. The van der Waals surface area contributed by atoms with Gasteiger partial charge >= 0.3 is 6.09 Å². The summed E-state index contributed by atoms with van der Waals surface area (Å²) in [6.45, 7) is 13.2. The number of rotatable bonds is 8. The van der Waals surface area contributed by atoms with E-state index in [1.54, 1.807) is 0 Å². The van der Waals surface area contributed by atoms with Crippen LogP contribution in [0.5, 0.6) is 0 Å². The topological polar surface area (TPSA) is 88.7 Å². The van der Waals surface area contributed by atoms with E-state index >= 15 is 0 Å². The predicted octanol–water partition coefficient (Wildman–Crippen LogP) is 3.25. The summed E-state index contributed by atoms with van der Waals surface area (Å²) in [7, 11) is 0. The maximum absolute atomic E-state index is 11.8. The molecule has 7 heteroatoms. The van der Waals surface area contributed by atoms with Crippen LogP contribution < -0.4 is 16.4 Å². The lowest BCUT2D eigenvalue weighted by Crippen LogP contribution is -2.41. The number of amides is 1. The second-order valence-corrected chi connectivity index (χ2v) is 6.97. The number of aliphatic imine (C=N–C) groups is 1. The Labute approximate surface area is 158 Å². The first-order chi connectivity index (χ1) is 10.1. The van der Waals surface area contributed by atoms with Crippen LogP contribution in [0.2, 0.25) is 0 Å². The Morgan fingerprint density at radius 3 is 2.35 bits per heavy atom. The molecule has 0 aliphatic rings. The first kappa shape index (κ1) is 24.5. The van der Waals surface area contributed by atoms with Crippen molar-refractivity contribution in [1.82, 2.24) is 10.6 Å². The Morgan fingerprint density at radius 2 is 1.87 bits per heavy atom. The minimum absolute atomic E-state index is 0. The van der Waals surface area contributed by atoms with Crippen LogP contribution in [-0.2, 0) is 4.74 Å². The molecule has 6 nitrogen and oxygen atoms in total. The van der Waals surface area contributed by atoms with Gasteiger partial charge in [0.2, 0.25) is 0 Å². The SMILES string of the molecule is CCCC(CN=C(N)NCCC(C)C)NC(=O)OC(C)(C)C.I. The van der Waals surface area contributed by atoms with Crippen molar-refractivity contribution in [2.45, 2.75) is 72.4 Å². The molecule has 0 saturated heterocycles. The fourth-order valence-electron chi connectivity index (χ4n) is 1.79. The number of carbonyl (C=O) groups excluding carboxylic acids is 1. The number of hydrogen-bond donors (Lipinski definition) is 3. The van der Waals surface area contributed by atoms with Crippen LogP contribution in [0.15, 0.2) is 4.99 Å². The van der Waals surface area contributed by atoms with Gasteiger partial charge in [-0.3, -0.25) is 4.99 Å². The summed E-state index contributed by atoms with van der Waals surface area (Å²) in [6, 6.07) is -0.0645. The summed E-state index contributed by atoms with van der Waals surface area (Å²) in [4.78, 5) is 16.1. The van der Waals surface area contributed by atoms with Gasteiger partial charge in [-0.25, -0.2) is 4.79 Å². The highest BCUT2D eigenvalue weighted by Crippen LogP contribution is 2.07. The van der Waals surface area contributed by atoms with Crippen LogP contribution in [0, 0.1) is 5.92 Å². The lowest BCUT2D eigenvalue weighted by Gasteiger charge is -2.23. The molecule has 138 valence electrons. The van der Waals surface area contributed by atoms with Gasteiger partial charge in [0.05, 0.1) is 12.6 Å². The Bertz CT molecular complexity index is 354. The van der Waals surface area contributed by atoms with Crippen molar-refractivity contribution < 1.29 is 9.53 Å². The number of guanidine groups is 1. The van der Waals surface area contributed by atoms with E-state index in [4.69, 9.17) is 10.5 Å². The zero-order valence-corrected chi connectivity index (χ0v) is 17.8. The van der Waals surface area contributed by atoms with Gasteiger partial charge in [-0.1, -0.05) is 27.2 Å². The number of hydrogen-bond acceptors (Lipinski definition) is 3. The van der Waals surface area contributed by atoms with Gasteiger partial charge in [0.25, 0.3) is 0 Å². The Morgan fingerprint density at radius 1 is 1.26 bits per heavy atom. The lowest BCUT2D eigenvalue weighted by molar-refractivity contribution is 0.0503. The molecule has 0 aromatic rings. The van der Waals surface area contributed by atoms with Gasteiger partial charge < -0.3 is 21.1 Å². The third kappa shape index (κ3) is 15.9. The highest BCUT2D eigenvalue weighted by atomic mass is 127. The maximum Gasteiger partial charge on any atom is 0.407 e. The molecule has 0 heterocycles. The molecule has 4 N–H and O–H groups in total. The first-order valence-electron chi connectivity index (χ1n) is 8.17. The Hall–Kier alpha value is -0.730. The fraction of sp³-hybridized carbons (Fsp3) is 0.875. The van der Waals surface area contributed by atoms with E-state index < -0.39 is 11.7 Å². The number of alkyl carbamates (subject to hydrolysis) is 1. The van der Waals surface area contributed by atoms with E-state index in [-0.39, 0.29) is 30.0 Å². The van der Waals surface area contributed by atoms with Crippen LogP contribution in [0.4, 0.5) is 4.79 Å². The molecule has 0 aliphatic heterocycles. The number of ether oxygens (including phenoxy) is 1. The fourth-order valence-corrected chi connectivity index (χ4v) is 1.79. The molecule has 0 bridgehead atoms. The van der Waals surface area contributed by atoms with Crippen LogP contribution in [0.25, 0.3) is 0 Å². The van der Waals surface area contributed by atoms with E-state index in [2.05, 4.69) is 36.4 Å². The van der Waals surface area contributed by atoms with E-state index in [1.165, 1.54) is 0 Å². The van der Waals surface area contributed by atoms with Crippen molar-refractivity contribution in [3.8, 4) is 0 Å². The largest absolute Gasteiger partial charge is 0.444 e. The highest BCUT2D eigenvalue weighted by Gasteiger charge is 2.19. The van der Waals surface area contributed by atoms with Gasteiger partial charge in [-0.15, -0.1) is 24.0 Å². The van der Waals surface area contributed by atoms with Crippen molar-refractivity contribution in [3.63, 3.8) is 0 Å². The molecule has 1 unspecified atom stereocenters. The molecule has 0 fully saturated rings. The van der Waals surface area contributed by atoms with Crippen molar-refractivity contribution in [3.05, 3.63) is 0 Å². The maximum atomic E-state index is 11.8. The zero-order chi connectivity index (χ0) is 17.2. The number of carbonyl (C=O) groups is 1. The summed E-state index contributed by atoms with van der Waals surface area (Å²) < 4.78 is 5.27. The molecule has 0 radical (unpaired) electrons. The average molecular weight is 442 g/mol. The lowest BCUT2D eigenvalue weighted by atomic mass is 10.1. The first-order valence-corrected chi connectivity index (χ1v) is 8.17. The molecule has 1 atom stereocenters. The van der Waals surface area contributed by atoms with Gasteiger partial charge in [-0.2, -0.15) is 0 Å². The number of nitrogens with zero attached hydrogens (tertiary/aromatic N) is 1. The zero-order valence-electron chi connectivity index (χ0n) is 15.4. The van der Waals surface area contributed by atoms with Gasteiger partial charge in [0, 0.05) is 6.54 Å². The molecule has 0 aromatic carbocycles. The summed E-state index contributed by atoms with van der Waals surface area (Å²) in [5.41, 5.74) is 5.33. The summed E-state index contributed by atoms with van der Waals surface area (Å²) in [6.07, 6.45) is 2.43. The van der Waals surface area contributed by atoms with E-state index in [0.717, 1.165) is 25.8 Å². The summed E-state index contributed by atoms with van der Waals surface area (Å²) in [5.74, 6) is 1.05. The monoisotopic (exact) mass is 442 g/mol. The van der Waals surface area contributed by atoms with Crippen LogP contribution in [0.3, 0.4) is 0 Å². The third-order valence-electron chi connectivity index (χ3n) is 2.87. The van der Waals surface area contributed by atoms with Gasteiger partial charge in [0.1, 0.15) is 5.60 Å². The van der Waals surface area contributed by atoms with Crippen molar-refractivity contribution in [2.24, 2.45) is 16.6 Å². The molecule has 0 rings (SSSR count). The normalized spacial score (nSPS) is 13.3. The van der Waals surface area contributed by atoms with Gasteiger partial charge in [-0.05, 0) is 39.5 Å².